The minimum absolute atomic E-state index is 0.0758. The number of hydrogen-bond acceptors (Lipinski definition) is 6. The van der Waals surface area contributed by atoms with Gasteiger partial charge in [0.25, 0.3) is 11.6 Å². The molecule has 0 saturated carbocycles. The maximum atomic E-state index is 12.5. The predicted molar refractivity (Wildman–Crippen MR) is 128 cm³/mol. The second-order valence-electron chi connectivity index (χ2n) is 7.97. The lowest BCUT2D eigenvalue weighted by molar-refractivity contribution is -0.384. The van der Waals surface area contributed by atoms with E-state index in [0.29, 0.717) is 11.5 Å². The van der Waals surface area contributed by atoms with E-state index in [2.05, 4.69) is 15.4 Å². The van der Waals surface area contributed by atoms with Crippen LogP contribution in [0.5, 0.6) is 6.01 Å². The van der Waals surface area contributed by atoms with Crippen molar-refractivity contribution in [3.8, 4) is 23.1 Å². The summed E-state index contributed by atoms with van der Waals surface area (Å²) in [6.45, 7) is 5.83. The van der Waals surface area contributed by atoms with E-state index >= 15 is 0 Å². The lowest BCUT2D eigenvalue weighted by Gasteiger charge is -2.09. The Labute approximate surface area is 196 Å². The average molecular weight is 457 g/mol. The molecule has 0 saturated heterocycles. The summed E-state index contributed by atoms with van der Waals surface area (Å²) in [6, 6.07) is 20.9. The van der Waals surface area contributed by atoms with E-state index in [9.17, 15) is 14.9 Å². The molecule has 4 rings (SSSR count). The number of amides is 1. The van der Waals surface area contributed by atoms with Crippen molar-refractivity contribution in [3.63, 3.8) is 0 Å². The summed E-state index contributed by atoms with van der Waals surface area (Å²) in [4.78, 5) is 27.5. The lowest BCUT2D eigenvalue weighted by Crippen LogP contribution is -2.12. The third-order valence-electron chi connectivity index (χ3n) is 4.93. The van der Waals surface area contributed by atoms with Crippen molar-refractivity contribution in [3.05, 3.63) is 94.0 Å². The third-order valence-corrected chi connectivity index (χ3v) is 4.93. The Hall–Kier alpha value is -4.53. The van der Waals surface area contributed by atoms with Crippen LogP contribution in [0.4, 0.5) is 11.4 Å². The van der Waals surface area contributed by atoms with Gasteiger partial charge >= 0.3 is 6.01 Å². The smallest absolute Gasteiger partial charge is 0.336 e. The number of nitrogens with one attached hydrogen (secondary N) is 1. The van der Waals surface area contributed by atoms with Gasteiger partial charge in [0.1, 0.15) is 0 Å². The molecule has 0 atom stereocenters. The largest absolute Gasteiger partial charge is 0.460 e. The Morgan fingerprint density at radius 1 is 1.06 bits per heavy atom. The zero-order valence-electron chi connectivity index (χ0n) is 18.9. The molecule has 0 aliphatic rings. The molecule has 34 heavy (non-hydrogen) atoms. The molecule has 0 bridgehead atoms. The van der Waals surface area contributed by atoms with Crippen molar-refractivity contribution in [1.82, 2.24) is 14.8 Å². The summed E-state index contributed by atoms with van der Waals surface area (Å²) >= 11 is 0. The van der Waals surface area contributed by atoms with Crippen LogP contribution in [0.2, 0.25) is 0 Å². The first-order valence-corrected chi connectivity index (χ1v) is 10.7. The molecule has 1 amide bonds. The van der Waals surface area contributed by atoms with Crippen LogP contribution >= 0.6 is 0 Å². The predicted octanol–water partition coefficient (Wildman–Crippen LogP) is 5.19. The number of nitrogens with zero attached hydrogens (tertiary/aromatic N) is 4. The maximum Gasteiger partial charge on any atom is 0.336 e. The van der Waals surface area contributed by atoms with E-state index in [1.807, 2.05) is 45.0 Å². The Morgan fingerprint density at radius 3 is 2.41 bits per heavy atom. The SMILES string of the molecule is Cc1ccc(-c2nc(OC(C)C)nn2-c2ccc(NC(=O)c3cccc([N+](=O)[O-])c3)cc2)cc1. The van der Waals surface area contributed by atoms with Crippen LogP contribution in [0.1, 0.15) is 29.8 Å². The molecule has 1 N–H and O–H groups in total. The van der Waals surface area contributed by atoms with Crippen LogP contribution in [0.15, 0.2) is 72.8 Å². The number of benzene rings is 3. The van der Waals surface area contributed by atoms with E-state index in [0.717, 1.165) is 16.8 Å². The summed E-state index contributed by atoms with van der Waals surface area (Å²) in [6.07, 6.45) is -0.0758. The number of anilines is 1. The molecule has 0 spiro atoms. The molecule has 4 aromatic rings. The molecule has 1 heterocycles. The summed E-state index contributed by atoms with van der Waals surface area (Å²) < 4.78 is 7.40. The standard InChI is InChI=1S/C25H23N5O4/c1-16(2)34-25-27-23(18-9-7-17(3)8-10-18)29(28-25)21-13-11-20(12-14-21)26-24(31)19-5-4-6-22(15-19)30(32)33/h4-16H,1-3H3,(H,26,31). The first-order valence-electron chi connectivity index (χ1n) is 10.7. The second kappa shape index (κ2) is 9.53. The highest BCUT2D eigenvalue weighted by Gasteiger charge is 2.16. The summed E-state index contributed by atoms with van der Waals surface area (Å²) in [5.74, 6) is 0.189. The molecule has 0 aliphatic heterocycles. The fourth-order valence-corrected chi connectivity index (χ4v) is 3.27. The number of hydrogen-bond donors (Lipinski definition) is 1. The normalized spacial score (nSPS) is 10.8. The van der Waals surface area contributed by atoms with E-state index in [4.69, 9.17) is 4.74 Å². The van der Waals surface area contributed by atoms with Gasteiger partial charge in [0.05, 0.1) is 16.7 Å². The summed E-state index contributed by atoms with van der Waals surface area (Å²) in [5, 5.41) is 18.2. The molecule has 0 aliphatic carbocycles. The zero-order valence-corrected chi connectivity index (χ0v) is 18.9. The van der Waals surface area contributed by atoms with Gasteiger partial charge in [0.2, 0.25) is 0 Å². The molecular weight excluding hydrogens is 434 g/mol. The van der Waals surface area contributed by atoms with Crippen LogP contribution in [0, 0.1) is 17.0 Å². The highest BCUT2D eigenvalue weighted by atomic mass is 16.6. The van der Waals surface area contributed by atoms with Crippen LogP contribution in [0.25, 0.3) is 17.1 Å². The van der Waals surface area contributed by atoms with Gasteiger partial charge < -0.3 is 10.1 Å². The van der Waals surface area contributed by atoms with Crippen LogP contribution in [0.3, 0.4) is 0 Å². The van der Waals surface area contributed by atoms with Gasteiger partial charge in [-0.2, -0.15) is 4.98 Å². The van der Waals surface area contributed by atoms with Crippen molar-refractivity contribution in [1.29, 1.82) is 0 Å². The Balaban J connectivity index is 1.60. The van der Waals surface area contributed by atoms with E-state index in [-0.39, 0.29) is 23.4 Å². The number of nitro benzene ring substituents is 1. The molecule has 172 valence electrons. The maximum absolute atomic E-state index is 12.5. The number of carbonyl (C=O) groups excluding carboxylic acids is 1. The summed E-state index contributed by atoms with van der Waals surface area (Å²) in [5.41, 5.74) is 3.35. The number of aromatic nitrogens is 3. The van der Waals surface area contributed by atoms with E-state index < -0.39 is 10.8 Å². The third kappa shape index (κ3) is 5.09. The van der Waals surface area contributed by atoms with Gasteiger partial charge in [-0.3, -0.25) is 14.9 Å². The van der Waals surface area contributed by atoms with Crippen molar-refractivity contribution in [2.45, 2.75) is 26.9 Å². The van der Waals surface area contributed by atoms with Crippen molar-refractivity contribution in [2.75, 3.05) is 5.32 Å². The highest BCUT2D eigenvalue weighted by Crippen LogP contribution is 2.25. The van der Waals surface area contributed by atoms with Crippen molar-refractivity contribution in [2.24, 2.45) is 0 Å². The minimum Gasteiger partial charge on any atom is -0.460 e. The first kappa shape index (κ1) is 22.7. The monoisotopic (exact) mass is 457 g/mol. The molecule has 9 heteroatoms. The number of non-ortho nitro benzene ring substituents is 1. The molecule has 9 nitrogen and oxygen atoms in total. The minimum atomic E-state index is -0.535. The quantitative estimate of drug-likeness (QED) is 0.302. The number of ether oxygens (including phenoxy) is 1. The van der Waals surface area contributed by atoms with Crippen molar-refractivity contribution < 1.29 is 14.5 Å². The Morgan fingerprint density at radius 2 is 1.76 bits per heavy atom. The summed E-state index contributed by atoms with van der Waals surface area (Å²) in [7, 11) is 0. The average Bonchev–Trinajstić information content (AvgIpc) is 3.23. The van der Waals surface area contributed by atoms with Gasteiger partial charge in [-0.1, -0.05) is 35.9 Å². The van der Waals surface area contributed by atoms with Crippen LogP contribution < -0.4 is 10.1 Å². The molecular formula is C25H23N5O4. The fourth-order valence-electron chi connectivity index (χ4n) is 3.27. The lowest BCUT2D eigenvalue weighted by atomic mass is 10.1. The Bertz CT molecular complexity index is 1330. The van der Waals surface area contributed by atoms with Gasteiger partial charge in [0.15, 0.2) is 5.82 Å². The fraction of sp³-hybridized carbons (Fsp3) is 0.160. The van der Waals surface area contributed by atoms with Crippen molar-refractivity contribution >= 4 is 17.3 Å². The van der Waals surface area contributed by atoms with E-state index in [1.165, 1.54) is 24.3 Å². The molecule has 0 fully saturated rings. The number of rotatable bonds is 7. The highest BCUT2D eigenvalue weighted by molar-refractivity contribution is 6.04. The number of carbonyl (C=O) groups is 1. The molecule has 0 radical (unpaired) electrons. The Kier molecular flexibility index (Phi) is 6.35. The van der Waals surface area contributed by atoms with Gasteiger partial charge in [-0.15, -0.1) is 5.10 Å². The topological polar surface area (TPSA) is 112 Å². The second-order valence-corrected chi connectivity index (χ2v) is 7.97. The zero-order chi connectivity index (χ0) is 24.2. The number of aryl methyl sites for hydroxylation is 1. The first-order chi connectivity index (χ1) is 16.3. The van der Waals surface area contributed by atoms with Gasteiger partial charge in [-0.25, -0.2) is 4.68 Å². The van der Waals surface area contributed by atoms with Gasteiger partial charge in [-0.05, 0) is 51.1 Å². The number of nitro groups is 1. The van der Waals surface area contributed by atoms with E-state index in [1.54, 1.807) is 28.9 Å². The van der Waals surface area contributed by atoms with Crippen LogP contribution in [-0.4, -0.2) is 31.7 Å². The molecule has 1 aromatic heterocycles. The molecule has 0 unspecified atom stereocenters. The van der Waals surface area contributed by atoms with Crippen LogP contribution in [-0.2, 0) is 0 Å². The molecule has 3 aromatic carbocycles. The van der Waals surface area contributed by atoms with Gasteiger partial charge in [0, 0.05) is 28.9 Å².